The van der Waals surface area contributed by atoms with Crippen LogP contribution in [0.25, 0.3) is 0 Å². The van der Waals surface area contributed by atoms with E-state index in [2.05, 4.69) is 0 Å². The van der Waals surface area contributed by atoms with E-state index in [1.165, 1.54) is 12.2 Å². The van der Waals surface area contributed by atoms with Crippen LogP contribution in [0.15, 0.2) is 109 Å². The van der Waals surface area contributed by atoms with E-state index in [1.807, 2.05) is 32.9 Å². The third kappa shape index (κ3) is 22.0. The van der Waals surface area contributed by atoms with Crippen LogP contribution in [-0.2, 0) is 28.7 Å². The average Bonchev–Trinajstić information content (AvgIpc) is 3.24. The van der Waals surface area contributed by atoms with Crippen LogP contribution < -0.4 is 5.73 Å². The highest BCUT2D eigenvalue weighted by molar-refractivity contribution is 5.97. The minimum absolute atomic E-state index is 0.0915. The Balaban J connectivity index is 1.74. The predicted molar refractivity (Wildman–Crippen MR) is 259 cm³/mol. The Kier molecular flexibility index (Phi) is 25.1. The maximum absolute atomic E-state index is 13.2. The number of aliphatic hydroxyl groups is 7. The number of hydrogen-bond acceptors (Lipinski definition) is 15. The number of carbonyl (C=O) groups excluding carboxylic acids is 4. The van der Waals surface area contributed by atoms with Crippen molar-refractivity contribution >= 4 is 35.0 Å². The number of carbonyl (C=O) groups is 5. The largest absolute Gasteiger partial charge is 0.481 e. The van der Waals surface area contributed by atoms with Gasteiger partial charge in [-0.25, -0.2) is 0 Å². The van der Waals surface area contributed by atoms with E-state index >= 15 is 0 Å². The second-order valence-electron chi connectivity index (χ2n) is 18.5. The highest BCUT2D eigenvalue weighted by Gasteiger charge is 2.50. The maximum Gasteiger partial charge on any atom is 0.313 e. The van der Waals surface area contributed by atoms with Crippen molar-refractivity contribution in [3.8, 4) is 0 Å². The molecule has 1 aromatic carbocycles. The Hall–Kier alpha value is -5.17. The Morgan fingerprint density at radius 2 is 1.30 bits per heavy atom. The number of ether oxygens (including phenoxy) is 2. The van der Waals surface area contributed by atoms with Crippen LogP contribution in [-0.4, -0.2) is 125 Å². The quantitative estimate of drug-likeness (QED) is 0.0721. The number of esters is 1. The molecule has 0 amide bonds. The van der Waals surface area contributed by atoms with Crippen LogP contribution in [0.1, 0.15) is 108 Å². The van der Waals surface area contributed by atoms with E-state index in [1.54, 1.807) is 85.0 Å². The molecule has 13 atom stereocenters. The zero-order valence-electron chi connectivity index (χ0n) is 39.8. The number of Topliss-reactive ketones (excluding diaryl/α,β-unsaturated/α-hetero) is 3. The number of aliphatic carboxylic acids is 1. The molecular formula is C53H73NO15. The van der Waals surface area contributed by atoms with E-state index in [4.69, 9.17) is 15.2 Å². The SMILES string of the molecule is CC1C=CC=CC=CC=CC=CC=CC=CC(O)CC2OC(O)(CC(O)CC(O)CC(O)CC(=O)CCCC(=O)CC(=O)OC1C(C)CC(C)C(O)CC(=O)c1ccc(N)cc1)CC(O)C2C(=O)O. The first-order valence-electron chi connectivity index (χ1n) is 23.7. The van der Waals surface area contributed by atoms with Crippen LogP contribution >= 0.6 is 0 Å². The smallest absolute Gasteiger partial charge is 0.313 e. The number of anilines is 1. The van der Waals surface area contributed by atoms with Crippen molar-refractivity contribution in [2.24, 2.45) is 23.7 Å². The van der Waals surface area contributed by atoms with Gasteiger partial charge >= 0.3 is 11.9 Å². The van der Waals surface area contributed by atoms with Gasteiger partial charge < -0.3 is 56.1 Å². The van der Waals surface area contributed by atoms with Crippen molar-refractivity contribution in [2.45, 2.75) is 152 Å². The summed E-state index contributed by atoms with van der Waals surface area (Å²) in [6.07, 6.45) is 11.4. The molecule has 1 aromatic rings. The molecule has 0 radical (unpaired) electrons. The van der Waals surface area contributed by atoms with Gasteiger partial charge in [-0.15, -0.1) is 0 Å². The van der Waals surface area contributed by atoms with Gasteiger partial charge in [0.05, 0.1) is 42.7 Å². The number of nitrogen functional groups attached to an aromatic ring is 1. The molecule has 2 bridgehead atoms. The molecule has 13 unspecified atom stereocenters. The van der Waals surface area contributed by atoms with Gasteiger partial charge in [0.15, 0.2) is 11.6 Å². The molecule has 3 rings (SSSR count). The molecular weight excluding hydrogens is 891 g/mol. The van der Waals surface area contributed by atoms with Gasteiger partial charge in [-0.3, -0.25) is 24.0 Å². The van der Waals surface area contributed by atoms with E-state index in [0.717, 1.165) is 0 Å². The number of ketones is 3. The van der Waals surface area contributed by atoms with Gasteiger partial charge in [0.1, 0.15) is 30.0 Å². The molecule has 1 fully saturated rings. The maximum atomic E-state index is 13.2. The first-order chi connectivity index (χ1) is 32.7. The zero-order chi connectivity index (χ0) is 51.1. The molecule has 2 aliphatic heterocycles. The monoisotopic (exact) mass is 963 g/mol. The number of fused-ring (bicyclic) bond motifs is 2. The molecule has 16 heteroatoms. The molecule has 0 aliphatic carbocycles. The van der Waals surface area contributed by atoms with Crippen molar-refractivity contribution in [3.05, 3.63) is 115 Å². The standard InChI is InChI=1S/C53H73NO15/c1-34-17-14-12-10-8-6-4-5-7-9-11-13-15-18-40(56)29-48-50(52(65)66)47(63)33-53(67,69-48)32-44(60)28-43(59)27-42(58)26-39(55)19-16-20-41(57)30-49(64)68-51(34)36(3)25-35(2)45(61)31-46(62)37-21-23-38(54)24-22-37/h4-15,17-18,21-24,34-36,40,42-45,47-48,50-51,56,58-61,63,67H,16,19-20,25-33,54H2,1-3H3,(H,65,66). The lowest BCUT2D eigenvalue weighted by molar-refractivity contribution is -0.300. The first kappa shape index (κ1) is 58.1. The number of carboxylic acid groups (broad SMARTS) is 1. The van der Waals surface area contributed by atoms with Gasteiger partial charge in [-0.05, 0) is 61.8 Å². The Bertz CT molecular complexity index is 2020. The van der Waals surface area contributed by atoms with E-state index in [9.17, 15) is 64.8 Å². The van der Waals surface area contributed by atoms with E-state index in [0.29, 0.717) is 17.7 Å². The van der Waals surface area contributed by atoms with Gasteiger partial charge in [-0.2, -0.15) is 0 Å². The number of cyclic esters (lactones) is 1. The molecule has 69 heavy (non-hydrogen) atoms. The normalized spacial score (nSPS) is 30.6. The molecule has 2 heterocycles. The lowest BCUT2D eigenvalue weighted by Gasteiger charge is -2.44. The summed E-state index contributed by atoms with van der Waals surface area (Å²) in [4.78, 5) is 63.7. The molecule has 380 valence electrons. The number of carboxylic acids is 1. The van der Waals surface area contributed by atoms with Crippen molar-refractivity contribution in [2.75, 3.05) is 5.73 Å². The lowest BCUT2D eigenvalue weighted by Crippen LogP contribution is -2.56. The summed E-state index contributed by atoms with van der Waals surface area (Å²) in [5.41, 5.74) is 6.69. The van der Waals surface area contributed by atoms with Crippen molar-refractivity contribution < 1.29 is 74.3 Å². The Morgan fingerprint density at radius 3 is 1.90 bits per heavy atom. The number of aliphatic hydroxyl groups excluding tert-OH is 6. The summed E-state index contributed by atoms with van der Waals surface area (Å²) < 4.78 is 11.6. The van der Waals surface area contributed by atoms with Crippen LogP contribution in [0.5, 0.6) is 0 Å². The molecule has 16 nitrogen and oxygen atoms in total. The third-order valence-corrected chi connectivity index (χ3v) is 12.2. The Morgan fingerprint density at radius 1 is 0.754 bits per heavy atom. The topological polar surface area (TPSA) is 292 Å². The highest BCUT2D eigenvalue weighted by atomic mass is 16.6. The van der Waals surface area contributed by atoms with Gasteiger partial charge in [0.2, 0.25) is 0 Å². The lowest BCUT2D eigenvalue weighted by atomic mass is 9.83. The van der Waals surface area contributed by atoms with E-state index in [-0.39, 0.29) is 74.9 Å². The van der Waals surface area contributed by atoms with Crippen LogP contribution in [0.4, 0.5) is 5.69 Å². The first-order valence-corrected chi connectivity index (χ1v) is 23.7. The van der Waals surface area contributed by atoms with Crippen molar-refractivity contribution in [1.82, 2.24) is 0 Å². The van der Waals surface area contributed by atoms with Crippen LogP contribution in [0, 0.1) is 23.7 Å². The fourth-order valence-corrected chi connectivity index (χ4v) is 8.60. The summed E-state index contributed by atoms with van der Waals surface area (Å²) in [7, 11) is 0. The zero-order valence-corrected chi connectivity index (χ0v) is 39.8. The second-order valence-corrected chi connectivity index (χ2v) is 18.5. The molecule has 2 aliphatic rings. The van der Waals surface area contributed by atoms with Crippen LogP contribution in [0.3, 0.4) is 0 Å². The predicted octanol–water partition coefficient (Wildman–Crippen LogP) is 4.95. The van der Waals surface area contributed by atoms with Gasteiger partial charge in [-0.1, -0.05) is 106 Å². The van der Waals surface area contributed by atoms with Gasteiger partial charge in [0.25, 0.3) is 0 Å². The number of hydrogen-bond donors (Lipinski definition) is 9. The third-order valence-electron chi connectivity index (χ3n) is 12.2. The fourth-order valence-electron chi connectivity index (χ4n) is 8.60. The summed E-state index contributed by atoms with van der Waals surface area (Å²) in [5.74, 6) is -7.95. The number of nitrogens with two attached hydrogens (primary N) is 1. The number of rotatable bonds is 8. The molecule has 0 aromatic heterocycles. The molecule has 0 spiro atoms. The summed E-state index contributed by atoms with van der Waals surface area (Å²) >= 11 is 0. The van der Waals surface area contributed by atoms with Crippen molar-refractivity contribution in [3.63, 3.8) is 0 Å². The van der Waals surface area contributed by atoms with Gasteiger partial charge in [0, 0.05) is 62.1 Å². The van der Waals surface area contributed by atoms with Crippen molar-refractivity contribution in [1.29, 1.82) is 0 Å². The van der Waals surface area contributed by atoms with Crippen LogP contribution in [0.2, 0.25) is 0 Å². The molecule has 1 saturated heterocycles. The average molecular weight is 964 g/mol. The Labute approximate surface area is 404 Å². The summed E-state index contributed by atoms with van der Waals surface area (Å²) in [6.45, 7) is 5.56. The highest BCUT2D eigenvalue weighted by Crippen LogP contribution is 2.37. The minimum atomic E-state index is -2.22. The summed E-state index contributed by atoms with van der Waals surface area (Å²) in [6, 6.07) is 6.45. The van der Waals surface area contributed by atoms with E-state index < -0.39 is 103 Å². The number of allylic oxidation sites excluding steroid dienone is 12. The number of benzene rings is 1. The summed E-state index contributed by atoms with van der Waals surface area (Å²) in [5, 5.41) is 85.4. The minimum Gasteiger partial charge on any atom is -0.481 e. The molecule has 10 N–H and O–H groups in total. The molecule has 0 saturated carbocycles. The fraction of sp³-hybridized carbons (Fsp3) is 0.528. The second kappa shape index (κ2) is 29.8.